The van der Waals surface area contributed by atoms with Gasteiger partial charge in [0.1, 0.15) is 11.8 Å². The van der Waals surface area contributed by atoms with Gasteiger partial charge in [-0.25, -0.2) is 16.8 Å². The van der Waals surface area contributed by atoms with Crippen molar-refractivity contribution in [2.24, 2.45) is 0 Å². The summed E-state index contributed by atoms with van der Waals surface area (Å²) in [4.78, 5) is 12.8. The van der Waals surface area contributed by atoms with E-state index in [2.05, 4.69) is 10.0 Å². The number of anilines is 3. The third-order valence-electron chi connectivity index (χ3n) is 5.13. The number of carbonyl (C=O) groups excluding carboxylic acids is 1. The fraction of sp³-hybridized carbons (Fsp3) is 0.208. The summed E-state index contributed by atoms with van der Waals surface area (Å²) in [6.07, 6.45) is 1.03. The first-order chi connectivity index (χ1) is 16.4. The Morgan fingerprint density at radius 2 is 1.57 bits per heavy atom. The number of nitrogens with one attached hydrogen (secondary N) is 2. The van der Waals surface area contributed by atoms with Crippen LogP contribution in [0.2, 0.25) is 0 Å². The Hall–Kier alpha value is -3.57. The summed E-state index contributed by atoms with van der Waals surface area (Å²) in [5.74, 6) is -0.191. The third-order valence-corrected chi connectivity index (χ3v) is 7.75. The van der Waals surface area contributed by atoms with Gasteiger partial charge in [-0.3, -0.25) is 13.8 Å². The molecule has 1 unspecified atom stereocenters. The number of sulfonamides is 2. The minimum absolute atomic E-state index is 0.0193. The number of nitrogens with zero attached hydrogens (tertiary/aromatic N) is 1. The largest absolute Gasteiger partial charge is 0.495 e. The first-order valence-electron chi connectivity index (χ1n) is 10.6. The third kappa shape index (κ3) is 6.31. The van der Waals surface area contributed by atoms with Crippen LogP contribution in [0.4, 0.5) is 17.1 Å². The van der Waals surface area contributed by atoms with Crippen molar-refractivity contribution in [3.05, 3.63) is 78.4 Å². The zero-order valence-electron chi connectivity index (χ0n) is 19.7. The summed E-state index contributed by atoms with van der Waals surface area (Å²) in [6.45, 7) is 3.31. The lowest BCUT2D eigenvalue weighted by molar-refractivity contribution is -0.116. The van der Waals surface area contributed by atoms with E-state index in [0.29, 0.717) is 22.8 Å². The van der Waals surface area contributed by atoms with Crippen molar-refractivity contribution in [2.75, 3.05) is 27.7 Å². The number of para-hydroxylation sites is 1. The molecule has 3 aromatic rings. The molecule has 3 rings (SSSR count). The molecule has 0 fully saturated rings. The van der Waals surface area contributed by atoms with Gasteiger partial charge in [-0.2, -0.15) is 0 Å². The predicted molar refractivity (Wildman–Crippen MR) is 137 cm³/mol. The van der Waals surface area contributed by atoms with E-state index < -0.39 is 32.0 Å². The molecule has 1 amide bonds. The summed E-state index contributed by atoms with van der Waals surface area (Å²) in [7, 11) is -6.22. The van der Waals surface area contributed by atoms with Gasteiger partial charge in [0.25, 0.3) is 10.0 Å². The predicted octanol–water partition coefficient (Wildman–Crippen LogP) is 3.60. The van der Waals surface area contributed by atoms with Crippen LogP contribution in [0.1, 0.15) is 12.5 Å². The van der Waals surface area contributed by atoms with Crippen LogP contribution in [-0.2, 0) is 24.8 Å². The van der Waals surface area contributed by atoms with Crippen molar-refractivity contribution < 1.29 is 26.4 Å². The molecule has 0 aliphatic rings. The zero-order valence-corrected chi connectivity index (χ0v) is 21.4. The van der Waals surface area contributed by atoms with Gasteiger partial charge in [0, 0.05) is 5.69 Å². The monoisotopic (exact) mass is 517 g/mol. The van der Waals surface area contributed by atoms with E-state index in [-0.39, 0.29) is 4.90 Å². The summed E-state index contributed by atoms with van der Waals surface area (Å²) in [5.41, 5.74) is 1.84. The highest BCUT2D eigenvalue weighted by atomic mass is 32.2. The maximum atomic E-state index is 12.9. The van der Waals surface area contributed by atoms with Crippen molar-refractivity contribution >= 4 is 43.0 Å². The number of benzene rings is 3. The number of amides is 1. The van der Waals surface area contributed by atoms with Crippen LogP contribution in [0, 0.1) is 6.92 Å². The van der Waals surface area contributed by atoms with Crippen molar-refractivity contribution in [1.82, 2.24) is 0 Å². The molecule has 0 heterocycles. The van der Waals surface area contributed by atoms with E-state index in [1.165, 1.54) is 38.3 Å². The number of carbonyl (C=O) groups is 1. The highest BCUT2D eigenvalue weighted by molar-refractivity contribution is 7.92. The molecule has 0 radical (unpaired) electrons. The van der Waals surface area contributed by atoms with E-state index in [0.717, 1.165) is 16.1 Å². The van der Waals surface area contributed by atoms with E-state index >= 15 is 0 Å². The van der Waals surface area contributed by atoms with Gasteiger partial charge in [-0.15, -0.1) is 0 Å². The molecule has 0 spiro atoms. The van der Waals surface area contributed by atoms with Gasteiger partial charge in [0.05, 0.1) is 29.6 Å². The Kier molecular flexibility index (Phi) is 7.71. The number of aryl methyl sites for hydroxylation is 1. The number of hydrogen-bond acceptors (Lipinski definition) is 6. The van der Waals surface area contributed by atoms with Crippen LogP contribution in [0.3, 0.4) is 0 Å². The SMILES string of the molecule is COc1ccc(C)cc1NS(=O)(=O)c1ccc(NC(=O)C(C)N(c2ccccc2)S(C)(=O)=O)cc1. The van der Waals surface area contributed by atoms with Crippen molar-refractivity contribution in [3.8, 4) is 5.75 Å². The summed E-state index contributed by atoms with van der Waals surface area (Å²) < 4.78 is 59.2. The highest BCUT2D eigenvalue weighted by Gasteiger charge is 2.29. The smallest absolute Gasteiger partial charge is 0.262 e. The Balaban J connectivity index is 1.77. The Bertz CT molecular complexity index is 1410. The maximum absolute atomic E-state index is 12.9. The lowest BCUT2D eigenvalue weighted by Crippen LogP contribution is -2.45. The first kappa shape index (κ1) is 26.0. The molecular formula is C24H27N3O6S2. The van der Waals surface area contributed by atoms with Gasteiger partial charge in [-0.05, 0) is 67.9 Å². The lowest BCUT2D eigenvalue weighted by Gasteiger charge is -2.28. The van der Waals surface area contributed by atoms with Gasteiger partial charge < -0.3 is 10.1 Å². The minimum Gasteiger partial charge on any atom is -0.495 e. The van der Waals surface area contributed by atoms with Crippen LogP contribution in [0.5, 0.6) is 5.75 Å². The molecule has 0 aliphatic heterocycles. The van der Waals surface area contributed by atoms with Crippen LogP contribution in [-0.4, -0.2) is 42.2 Å². The highest BCUT2D eigenvalue weighted by Crippen LogP contribution is 2.28. The normalized spacial score (nSPS) is 12.5. The minimum atomic E-state index is -3.92. The quantitative estimate of drug-likeness (QED) is 0.447. The van der Waals surface area contributed by atoms with E-state index in [1.807, 2.05) is 6.92 Å². The van der Waals surface area contributed by atoms with Crippen molar-refractivity contribution in [2.45, 2.75) is 24.8 Å². The first-order valence-corrected chi connectivity index (χ1v) is 13.9. The van der Waals surface area contributed by atoms with Gasteiger partial charge in [-0.1, -0.05) is 24.3 Å². The summed E-state index contributed by atoms with van der Waals surface area (Å²) in [5, 5.41) is 2.64. The standard InChI is InChI=1S/C24H27N3O6S2/c1-17-10-15-23(33-3)22(16-17)26-35(31,32)21-13-11-19(12-14-21)25-24(28)18(2)27(34(4,29)30)20-8-6-5-7-9-20/h5-16,18,26H,1-4H3,(H,25,28). The fourth-order valence-corrected chi connectivity index (χ4v) is 5.69. The second kappa shape index (κ2) is 10.4. The number of hydrogen-bond donors (Lipinski definition) is 2. The van der Waals surface area contributed by atoms with Crippen LogP contribution >= 0.6 is 0 Å². The van der Waals surface area contributed by atoms with Gasteiger partial charge >= 0.3 is 0 Å². The average molecular weight is 518 g/mol. The second-order valence-electron chi connectivity index (χ2n) is 7.89. The van der Waals surface area contributed by atoms with E-state index in [1.54, 1.807) is 48.5 Å². The van der Waals surface area contributed by atoms with Crippen LogP contribution in [0.15, 0.2) is 77.7 Å². The zero-order chi connectivity index (χ0) is 25.8. The summed E-state index contributed by atoms with van der Waals surface area (Å²) >= 11 is 0. The maximum Gasteiger partial charge on any atom is 0.262 e. The lowest BCUT2D eigenvalue weighted by atomic mass is 10.2. The van der Waals surface area contributed by atoms with Crippen molar-refractivity contribution in [3.63, 3.8) is 0 Å². The summed E-state index contributed by atoms with van der Waals surface area (Å²) in [6, 6.07) is 17.9. The van der Waals surface area contributed by atoms with E-state index in [4.69, 9.17) is 4.74 Å². The number of ether oxygens (including phenoxy) is 1. The molecule has 1 atom stereocenters. The van der Waals surface area contributed by atoms with Crippen molar-refractivity contribution in [1.29, 1.82) is 0 Å². The Morgan fingerprint density at radius 1 is 0.943 bits per heavy atom. The van der Waals surface area contributed by atoms with E-state index in [9.17, 15) is 21.6 Å². The molecule has 11 heteroatoms. The molecule has 9 nitrogen and oxygen atoms in total. The molecule has 0 aromatic heterocycles. The molecule has 35 heavy (non-hydrogen) atoms. The van der Waals surface area contributed by atoms with Gasteiger partial charge in [0.15, 0.2) is 0 Å². The molecule has 0 bridgehead atoms. The Morgan fingerprint density at radius 3 is 2.14 bits per heavy atom. The second-order valence-corrected chi connectivity index (χ2v) is 11.4. The molecule has 2 N–H and O–H groups in total. The topological polar surface area (TPSA) is 122 Å². The van der Waals surface area contributed by atoms with Crippen LogP contribution < -0.4 is 19.1 Å². The molecule has 0 saturated heterocycles. The molecule has 0 aliphatic carbocycles. The molecule has 0 saturated carbocycles. The molecule has 186 valence electrons. The Labute approximate surface area is 205 Å². The molecule has 3 aromatic carbocycles. The molecular weight excluding hydrogens is 490 g/mol. The number of methoxy groups -OCH3 is 1. The number of rotatable bonds is 9. The van der Waals surface area contributed by atoms with Crippen LogP contribution in [0.25, 0.3) is 0 Å². The van der Waals surface area contributed by atoms with Gasteiger partial charge in [0.2, 0.25) is 15.9 Å². The fourth-order valence-electron chi connectivity index (χ4n) is 3.45. The average Bonchev–Trinajstić information content (AvgIpc) is 2.79.